The number of benzene rings is 2. The maximum atomic E-state index is 11.9. The van der Waals surface area contributed by atoms with E-state index >= 15 is 0 Å². The average Bonchev–Trinajstić information content (AvgIpc) is 2.46. The summed E-state index contributed by atoms with van der Waals surface area (Å²) in [6.07, 6.45) is -1.03. The van der Waals surface area contributed by atoms with Gasteiger partial charge >= 0.3 is 6.09 Å². The highest BCUT2D eigenvalue weighted by Crippen LogP contribution is 2.39. The van der Waals surface area contributed by atoms with Crippen molar-refractivity contribution in [1.82, 2.24) is 5.09 Å². The molecular formula is C15H16NO4P. The molecule has 110 valence electrons. The van der Waals surface area contributed by atoms with Crippen LogP contribution in [0.4, 0.5) is 4.79 Å². The van der Waals surface area contributed by atoms with Gasteiger partial charge in [-0.15, -0.1) is 0 Å². The maximum Gasteiger partial charge on any atom is 0.414 e. The maximum absolute atomic E-state index is 11.9. The van der Waals surface area contributed by atoms with Crippen molar-refractivity contribution in [3.63, 3.8) is 0 Å². The van der Waals surface area contributed by atoms with Crippen molar-refractivity contribution in [3.05, 3.63) is 71.8 Å². The second-order valence-corrected chi connectivity index (χ2v) is 6.46. The fourth-order valence-electron chi connectivity index (χ4n) is 1.77. The second kappa shape index (κ2) is 7.07. The van der Waals surface area contributed by atoms with Crippen LogP contribution >= 0.6 is 7.52 Å². The van der Waals surface area contributed by atoms with E-state index in [4.69, 9.17) is 4.74 Å². The Bertz CT molecular complexity index is 631. The lowest BCUT2D eigenvalue weighted by molar-refractivity contribution is 0.145. The molecule has 6 heteroatoms. The van der Waals surface area contributed by atoms with Crippen LogP contribution in [0.5, 0.6) is 0 Å². The van der Waals surface area contributed by atoms with E-state index < -0.39 is 13.6 Å². The summed E-state index contributed by atoms with van der Waals surface area (Å²) in [5.74, 6) is 0. The van der Waals surface area contributed by atoms with Gasteiger partial charge in [0.15, 0.2) is 0 Å². The molecule has 0 saturated carbocycles. The van der Waals surface area contributed by atoms with Crippen LogP contribution in [-0.4, -0.2) is 11.0 Å². The first-order valence-electron chi connectivity index (χ1n) is 6.40. The first-order chi connectivity index (χ1) is 10.1. The minimum absolute atomic E-state index is 0.0536. The molecule has 0 aliphatic rings. The zero-order chi connectivity index (χ0) is 15.1. The zero-order valence-electron chi connectivity index (χ0n) is 11.3. The van der Waals surface area contributed by atoms with Gasteiger partial charge in [0.2, 0.25) is 0 Å². The number of rotatable bonds is 5. The third kappa shape index (κ3) is 5.42. The molecule has 5 nitrogen and oxygen atoms in total. The Hall–Kier alpha value is -2.10. The zero-order valence-corrected chi connectivity index (χ0v) is 12.2. The molecule has 2 N–H and O–H groups in total. The van der Waals surface area contributed by atoms with Crippen molar-refractivity contribution in [2.24, 2.45) is 0 Å². The topological polar surface area (TPSA) is 75.6 Å². The lowest BCUT2D eigenvalue weighted by atomic mass is 10.2. The van der Waals surface area contributed by atoms with E-state index in [9.17, 15) is 14.3 Å². The Labute approximate surface area is 123 Å². The van der Waals surface area contributed by atoms with Gasteiger partial charge in [0.05, 0.1) is 6.16 Å². The summed E-state index contributed by atoms with van der Waals surface area (Å²) in [7, 11) is -3.82. The van der Waals surface area contributed by atoms with Gasteiger partial charge in [0.1, 0.15) is 6.61 Å². The molecule has 0 bridgehead atoms. The first kappa shape index (κ1) is 15.3. The van der Waals surface area contributed by atoms with E-state index in [0.717, 1.165) is 5.56 Å². The van der Waals surface area contributed by atoms with Gasteiger partial charge in [-0.25, -0.2) is 4.79 Å². The van der Waals surface area contributed by atoms with E-state index in [2.05, 4.69) is 0 Å². The molecule has 21 heavy (non-hydrogen) atoms. The SMILES string of the molecule is O=C(NP(=O)(O)Cc1ccccc1)OCc1ccccc1. The largest absolute Gasteiger partial charge is 0.444 e. The monoisotopic (exact) mass is 305 g/mol. The molecule has 0 fully saturated rings. The molecule has 0 radical (unpaired) electrons. The van der Waals surface area contributed by atoms with Gasteiger partial charge in [0, 0.05) is 0 Å². The van der Waals surface area contributed by atoms with Crippen LogP contribution < -0.4 is 5.09 Å². The van der Waals surface area contributed by atoms with Crippen molar-refractivity contribution < 1.29 is 19.0 Å². The molecular weight excluding hydrogens is 289 g/mol. The van der Waals surface area contributed by atoms with Gasteiger partial charge in [0.25, 0.3) is 7.52 Å². The molecule has 0 aliphatic heterocycles. The third-order valence-electron chi connectivity index (χ3n) is 2.72. The van der Waals surface area contributed by atoms with Gasteiger partial charge in [-0.05, 0) is 11.1 Å². The van der Waals surface area contributed by atoms with Crippen molar-refractivity contribution >= 4 is 13.6 Å². The van der Waals surface area contributed by atoms with Crippen molar-refractivity contribution in [3.8, 4) is 0 Å². The van der Waals surface area contributed by atoms with Gasteiger partial charge < -0.3 is 9.63 Å². The van der Waals surface area contributed by atoms with Crippen molar-refractivity contribution in [2.75, 3.05) is 0 Å². The molecule has 0 aliphatic carbocycles. The molecule has 0 spiro atoms. The normalized spacial score (nSPS) is 13.2. The van der Waals surface area contributed by atoms with E-state index in [1.165, 1.54) is 0 Å². The highest BCUT2D eigenvalue weighted by Gasteiger charge is 2.22. The fraction of sp³-hybridized carbons (Fsp3) is 0.133. The molecule has 0 heterocycles. The summed E-state index contributed by atoms with van der Waals surface area (Å²) in [4.78, 5) is 21.3. The lowest BCUT2D eigenvalue weighted by Gasteiger charge is -2.13. The smallest absolute Gasteiger partial charge is 0.414 e. The Kier molecular flexibility index (Phi) is 5.14. The van der Waals surface area contributed by atoms with Crippen LogP contribution in [0.3, 0.4) is 0 Å². The number of carbonyl (C=O) groups excluding carboxylic acids is 1. The number of hydrogen-bond donors (Lipinski definition) is 2. The van der Waals surface area contributed by atoms with Crippen LogP contribution in [0.2, 0.25) is 0 Å². The van der Waals surface area contributed by atoms with Gasteiger partial charge in [-0.2, -0.15) is 0 Å². The van der Waals surface area contributed by atoms with E-state index in [-0.39, 0.29) is 12.8 Å². The molecule has 2 aromatic carbocycles. The molecule has 1 unspecified atom stereocenters. The molecule has 2 rings (SSSR count). The van der Waals surface area contributed by atoms with Crippen LogP contribution in [0.25, 0.3) is 0 Å². The van der Waals surface area contributed by atoms with Crippen LogP contribution in [0, 0.1) is 0 Å². The summed E-state index contributed by atoms with van der Waals surface area (Å²) < 4.78 is 16.9. The molecule has 1 amide bonds. The minimum Gasteiger partial charge on any atom is -0.444 e. The first-order valence-corrected chi connectivity index (χ1v) is 8.24. The number of nitrogens with one attached hydrogen (secondary N) is 1. The number of amides is 1. The van der Waals surface area contributed by atoms with Gasteiger partial charge in [-0.3, -0.25) is 9.65 Å². The summed E-state index contributed by atoms with van der Waals surface area (Å²) in [5.41, 5.74) is 1.48. The van der Waals surface area contributed by atoms with E-state index in [0.29, 0.717) is 5.56 Å². The summed E-state index contributed by atoms with van der Waals surface area (Å²) >= 11 is 0. The molecule has 1 atom stereocenters. The molecule has 0 saturated heterocycles. The van der Waals surface area contributed by atoms with E-state index in [1.807, 2.05) is 29.4 Å². The lowest BCUT2D eigenvalue weighted by Crippen LogP contribution is -2.22. The summed E-state index contributed by atoms with van der Waals surface area (Å²) in [5, 5.41) is 2.02. The number of hydrogen-bond acceptors (Lipinski definition) is 3. The summed E-state index contributed by atoms with van der Waals surface area (Å²) in [6, 6.07) is 17.9. The Morgan fingerprint density at radius 3 is 2.10 bits per heavy atom. The fourth-order valence-corrected chi connectivity index (χ4v) is 2.90. The van der Waals surface area contributed by atoms with E-state index in [1.54, 1.807) is 36.4 Å². The highest BCUT2D eigenvalue weighted by molar-refractivity contribution is 7.55. The Morgan fingerprint density at radius 1 is 1.00 bits per heavy atom. The standard InChI is InChI=1S/C15H16NO4P/c17-15(20-11-13-7-3-1-4-8-13)16-21(18,19)12-14-9-5-2-6-10-14/h1-10H,11-12H2,(H2,16,17,18,19). The minimum atomic E-state index is -3.82. The average molecular weight is 305 g/mol. The predicted molar refractivity (Wildman–Crippen MR) is 79.7 cm³/mol. The Morgan fingerprint density at radius 2 is 1.52 bits per heavy atom. The number of carbonyl (C=O) groups is 1. The number of ether oxygens (including phenoxy) is 1. The van der Waals surface area contributed by atoms with Crippen molar-refractivity contribution in [1.29, 1.82) is 0 Å². The van der Waals surface area contributed by atoms with Crippen molar-refractivity contribution in [2.45, 2.75) is 12.8 Å². The Balaban J connectivity index is 1.85. The van der Waals surface area contributed by atoms with Crippen LogP contribution in [0.15, 0.2) is 60.7 Å². The predicted octanol–water partition coefficient (Wildman–Crippen LogP) is 3.30. The highest BCUT2D eigenvalue weighted by atomic mass is 31.2. The molecule has 0 aromatic heterocycles. The third-order valence-corrected chi connectivity index (χ3v) is 4.04. The van der Waals surface area contributed by atoms with Crippen LogP contribution in [0.1, 0.15) is 11.1 Å². The second-order valence-electron chi connectivity index (χ2n) is 4.52. The molecule has 2 aromatic rings. The quantitative estimate of drug-likeness (QED) is 0.831. The van der Waals surface area contributed by atoms with Crippen LogP contribution in [-0.2, 0) is 22.1 Å². The van der Waals surface area contributed by atoms with Gasteiger partial charge in [-0.1, -0.05) is 60.7 Å². The summed E-state index contributed by atoms with van der Waals surface area (Å²) in [6.45, 7) is 0.0536.